The van der Waals surface area contributed by atoms with Crippen LogP contribution in [-0.4, -0.2) is 34.2 Å². The maximum Gasteiger partial charge on any atom is 0.270 e. The predicted molar refractivity (Wildman–Crippen MR) is 65.1 cm³/mol. The van der Waals surface area contributed by atoms with Gasteiger partial charge >= 0.3 is 0 Å². The molecule has 1 aromatic heterocycles. The van der Waals surface area contributed by atoms with Crippen LogP contribution in [0.2, 0.25) is 0 Å². The van der Waals surface area contributed by atoms with Gasteiger partial charge in [0.05, 0.1) is 0 Å². The van der Waals surface area contributed by atoms with E-state index in [0.29, 0.717) is 17.3 Å². The second kappa shape index (κ2) is 4.73. The topological polar surface area (TPSA) is 53.2 Å². The number of piperidine rings is 1. The van der Waals surface area contributed by atoms with Gasteiger partial charge in [-0.25, -0.2) is 0 Å². The van der Waals surface area contributed by atoms with Gasteiger partial charge in [-0.3, -0.25) is 9.59 Å². The second-order valence-corrected chi connectivity index (χ2v) is 4.70. The summed E-state index contributed by atoms with van der Waals surface area (Å²) in [6.45, 7) is 4.39. The Labute approximate surface area is 101 Å². The van der Waals surface area contributed by atoms with Crippen molar-refractivity contribution in [2.45, 2.75) is 39.2 Å². The third kappa shape index (κ3) is 2.40. The molecule has 4 nitrogen and oxygen atoms in total. The van der Waals surface area contributed by atoms with Crippen LogP contribution in [0.15, 0.2) is 12.3 Å². The number of aromatic amines is 1. The number of H-pyrrole nitrogens is 1. The highest BCUT2D eigenvalue weighted by Crippen LogP contribution is 2.19. The minimum atomic E-state index is -0.0213. The Morgan fingerprint density at radius 2 is 2.18 bits per heavy atom. The molecule has 2 rings (SSSR count). The maximum atomic E-state index is 12.2. The number of rotatable bonds is 2. The number of carbonyl (C=O) groups is 2. The van der Waals surface area contributed by atoms with Crippen molar-refractivity contribution in [3.63, 3.8) is 0 Å². The lowest BCUT2D eigenvalue weighted by Crippen LogP contribution is -2.42. The van der Waals surface area contributed by atoms with Crippen LogP contribution in [0.25, 0.3) is 0 Å². The number of Topliss-reactive ketones (excluding diaryl/α,β-unsaturated/α-hetero) is 1. The van der Waals surface area contributed by atoms with Gasteiger partial charge in [-0.2, -0.15) is 0 Å². The first-order valence-electron chi connectivity index (χ1n) is 6.10. The van der Waals surface area contributed by atoms with Crippen molar-refractivity contribution < 1.29 is 9.59 Å². The smallest absolute Gasteiger partial charge is 0.270 e. The van der Waals surface area contributed by atoms with E-state index in [2.05, 4.69) is 11.9 Å². The van der Waals surface area contributed by atoms with Crippen molar-refractivity contribution in [2.75, 3.05) is 6.54 Å². The van der Waals surface area contributed by atoms with Gasteiger partial charge in [-0.05, 0) is 39.2 Å². The van der Waals surface area contributed by atoms with Gasteiger partial charge in [0, 0.05) is 24.3 Å². The van der Waals surface area contributed by atoms with E-state index in [1.165, 1.54) is 13.3 Å². The molecule has 1 amide bonds. The van der Waals surface area contributed by atoms with E-state index in [4.69, 9.17) is 0 Å². The summed E-state index contributed by atoms with van der Waals surface area (Å²) in [5.74, 6) is -0.0170. The molecule has 4 heteroatoms. The first-order chi connectivity index (χ1) is 8.09. The lowest BCUT2D eigenvalue weighted by Gasteiger charge is -2.33. The standard InChI is InChI=1S/C13H18N2O2/c1-9-5-3-4-6-15(9)13(17)12-7-11(8-14-12)10(2)16/h7-9,14H,3-6H2,1-2H3. The number of aromatic nitrogens is 1. The molecule has 0 saturated carbocycles. The predicted octanol–water partition coefficient (Wildman–Crippen LogP) is 2.23. The molecule has 0 spiro atoms. The summed E-state index contributed by atoms with van der Waals surface area (Å²) >= 11 is 0. The van der Waals surface area contributed by atoms with Crippen molar-refractivity contribution >= 4 is 11.7 Å². The Hall–Kier alpha value is -1.58. The third-order valence-corrected chi connectivity index (χ3v) is 3.38. The Morgan fingerprint density at radius 1 is 1.41 bits per heavy atom. The molecule has 1 aliphatic heterocycles. The summed E-state index contributed by atoms with van der Waals surface area (Å²) < 4.78 is 0. The average Bonchev–Trinajstić information content (AvgIpc) is 2.78. The minimum absolute atomic E-state index is 0.00435. The largest absolute Gasteiger partial charge is 0.356 e. The van der Waals surface area contributed by atoms with Crippen LogP contribution in [0.5, 0.6) is 0 Å². The molecule has 0 aromatic carbocycles. The van der Waals surface area contributed by atoms with Gasteiger partial charge in [0.2, 0.25) is 0 Å². The third-order valence-electron chi connectivity index (χ3n) is 3.38. The molecule has 0 radical (unpaired) electrons. The fraction of sp³-hybridized carbons (Fsp3) is 0.538. The van der Waals surface area contributed by atoms with Crippen LogP contribution in [0.3, 0.4) is 0 Å². The number of ketones is 1. The number of hydrogen-bond acceptors (Lipinski definition) is 2. The highest BCUT2D eigenvalue weighted by atomic mass is 16.2. The summed E-state index contributed by atoms with van der Waals surface area (Å²) in [6, 6.07) is 1.94. The van der Waals surface area contributed by atoms with E-state index < -0.39 is 0 Å². The van der Waals surface area contributed by atoms with Crippen LogP contribution in [0.1, 0.15) is 54.0 Å². The van der Waals surface area contributed by atoms with Gasteiger partial charge in [0.15, 0.2) is 5.78 Å². The van der Waals surface area contributed by atoms with Crippen LogP contribution >= 0.6 is 0 Å². The fourth-order valence-corrected chi connectivity index (χ4v) is 2.28. The van der Waals surface area contributed by atoms with E-state index in [0.717, 1.165) is 19.4 Å². The van der Waals surface area contributed by atoms with Crippen molar-refractivity contribution in [3.05, 3.63) is 23.5 Å². The minimum Gasteiger partial charge on any atom is -0.356 e. The molecule has 1 aliphatic rings. The number of amides is 1. The fourth-order valence-electron chi connectivity index (χ4n) is 2.28. The van der Waals surface area contributed by atoms with E-state index in [-0.39, 0.29) is 11.7 Å². The summed E-state index contributed by atoms with van der Waals surface area (Å²) in [4.78, 5) is 28.2. The molecule has 1 atom stereocenters. The quantitative estimate of drug-likeness (QED) is 0.798. The van der Waals surface area contributed by atoms with E-state index in [1.54, 1.807) is 12.3 Å². The first kappa shape index (κ1) is 11.9. The maximum absolute atomic E-state index is 12.2. The molecule has 0 aliphatic carbocycles. The van der Waals surface area contributed by atoms with E-state index in [1.807, 2.05) is 4.90 Å². The number of hydrogen-bond donors (Lipinski definition) is 1. The van der Waals surface area contributed by atoms with Gasteiger partial charge < -0.3 is 9.88 Å². The number of nitrogens with zero attached hydrogens (tertiary/aromatic N) is 1. The van der Waals surface area contributed by atoms with Crippen LogP contribution in [0, 0.1) is 0 Å². The summed E-state index contributed by atoms with van der Waals surface area (Å²) in [6.07, 6.45) is 4.92. The monoisotopic (exact) mass is 234 g/mol. The van der Waals surface area contributed by atoms with E-state index in [9.17, 15) is 9.59 Å². The molecule has 92 valence electrons. The van der Waals surface area contributed by atoms with Crippen LogP contribution in [-0.2, 0) is 0 Å². The van der Waals surface area contributed by atoms with Crippen molar-refractivity contribution in [1.82, 2.24) is 9.88 Å². The number of nitrogens with one attached hydrogen (secondary N) is 1. The summed E-state index contributed by atoms with van der Waals surface area (Å²) in [7, 11) is 0. The molecule has 1 aromatic rings. The molecule has 0 bridgehead atoms. The Kier molecular flexibility index (Phi) is 3.31. The Morgan fingerprint density at radius 3 is 2.76 bits per heavy atom. The van der Waals surface area contributed by atoms with Crippen molar-refractivity contribution in [3.8, 4) is 0 Å². The zero-order valence-corrected chi connectivity index (χ0v) is 10.3. The number of likely N-dealkylation sites (tertiary alicyclic amines) is 1. The second-order valence-electron chi connectivity index (χ2n) is 4.70. The number of carbonyl (C=O) groups excluding carboxylic acids is 2. The highest BCUT2D eigenvalue weighted by Gasteiger charge is 2.25. The van der Waals surface area contributed by atoms with Gasteiger partial charge in [0.1, 0.15) is 5.69 Å². The molecule has 2 heterocycles. The van der Waals surface area contributed by atoms with Gasteiger partial charge in [-0.15, -0.1) is 0 Å². The molecular formula is C13H18N2O2. The Bertz CT molecular complexity index is 436. The zero-order valence-electron chi connectivity index (χ0n) is 10.3. The summed E-state index contributed by atoms with van der Waals surface area (Å²) in [5, 5.41) is 0. The molecule has 17 heavy (non-hydrogen) atoms. The van der Waals surface area contributed by atoms with Crippen molar-refractivity contribution in [1.29, 1.82) is 0 Å². The zero-order chi connectivity index (χ0) is 12.4. The SMILES string of the molecule is CC(=O)c1c[nH]c(C(=O)N2CCCCC2C)c1. The summed E-state index contributed by atoms with van der Waals surface area (Å²) in [5.41, 5.74) is 1.09. The van der Waals surface area contributed by atoms with Crippen molar-refractivity contribution in [2.24, 2.45) is 0 Å². The lowest BCUT2D eigenvalue weighted by molar-refractivity contribution is 0.0630. The molecular weight excluding hydrogens is 216 g/mol. The highest BCUT2D eigenvalue weighted by molar-refractivity contribution is 5.99. The lowest BCUT2D eigenvalue weighted by atomic mass is 10.0. The first-order valence-corrected chi connectivity index (χ1v) is 6.10. The van der Waals surface area contributed by atoms with Crippen LogP contribution in [0.4, 0.5) is 0 Å². The Balaban J connectivity index is 2.15. The average molecular weight is 234 g/mol. The van der Waals surface area contributed by atoms with E-state index >= 15 is 0 Å². The molecule has 1 fully saturated rings. The van der Waals surface area contributed by atoms with Crippen LogP contribution < -0.4 is 0 Å². The molecule has 1 N–H and O–H groups in total. The molecule has 1 unspecified atom stereocenters. The normalized spacial score (nSPS) is 20.4. The molecule has 1 saturated heterocycles. The van der Waals surface area contributed by atoms with Gasteiger partial charge in [-0.1, -0.05) is 0 Å². The van der Waals surface area contributed by atoms with Gasteiger partial charge in [0.25, 0.3) is 5.91 Å².